The summed E-state index contributed by atoms with van der Waals surface area (Å²) in [5, 5.41) is 20.0. The molecule has 4 heterocycles. The van der Waals surface area contributed by atoms with Crippen molar-refractivity contribution in [3.05, 3.63) is 64.3 Å². The number of piperazine rings is 1. The lowest BCUT2D eigenvalue weighted by molar-refractivity contribution is -0.142. The highest BCUT2D eigenvalue weighted by Gasteiger charge is 2.24. The number of carbonyl (C=O) groups is 1. The molecule has 0 saturated carbocycles. The van der Waals surface area contributed by atoms with Gasteiger partial charge in [0.05, 0.1) is 17.8 Å². The summed E-state index contributed by atoms with van der Waals surface area (Å²) in [6.45, 7) is 8.52. The average Bonchev–Trinajstić information content (AvgIpc) is 3.00. The zero-order valence-corrected chi connectivity index (χ0v) is 26.0. The molecular formula is C32H39Cl2N5O4. The number of nitrogens with zero attached hydrogens (tertiary/aromatic N) is 5. The van der Waals surface area contributed by atoms with Crippen molar-refractivity contribution < 1.29 is 19.7 Å². The first-order valence-electron chi connectivity index (χ1n) is 14.9. The predicted octanol–water partition coefficient (Wildman–Crippen LogP) is 5.68. The number of anilines is 1. The highest BCUT2D eigenvalue weighted by atomic mass is 35.5. The van der Waals surface area contributed by atoms with Gasteiger partial charge in [-0.25, -0.2) is 9.97 Å². The first-order valence-corrected chi connectivity index (χ1v) is 15.7. The average molecular weight is 629 g/mol. The van der Waals surface area contributed by atoms with Gasteiger partial charge in [-0.2, -0.15) is 0 Å². The zero-order chi connectivity index (χ0) is 30.3. The SMILES string of the molecule is CCC(CN1CCN(c2ccc(Oc3cc(CN4CCC(CO)CC4)cc(-c4cc(Cl)cc(Cl)c4)n3)cn2)CC1)C(=O)O. The summed E-state index contributed by atoms with van der Waals surface area (Å²) in [6, 6.07) is 13.2. The quantitative estimate of drug-likeness (QED) is 0.278. The first-order chi connectivity index (χ1) is 20.8. The number of aromatic nitrogens is 2. The third-order valence-electron chi connectivity index (χ3n) is 8.35. The molecule has 0 spiro atoms. The summed E-state index contributed by atoms with van der Waals surface area (Å²) in [4.78, 5) is 27.7. The maximum Gasteiger partial charge on any atom is 0.307 e. The number of carboxylic acid groups (broad SMARTS) is 1. The highest BCUT2D eigenvalue weighted by molar-refractivity contribution is 6.35. The van der Waals surface area contributed by atoms with Crippen molar-refractivity contribution in [2.24, 2.45) is 11.8 Å². The lowest BCUT2D eigenvalue weighted by Crippen LogP contribution is -2.48. The van der Waals surface area contributed by atoms with Gasteiger partial charge < -0.3 is 19.8 Å². The van der Waals surface area contributed by atoms with Crippen molar-refractivity contribution in [1.29, 1.82) is 0 Å². The molecule has 1 atom stereocenters. The van der Waals surface area contributed by atoms with E-state index in [1.807, 2.05) is 43.3 Å². The highest BCUT2D eigenvalue weighted by Crippen LogP contribution is 2.31. The van der Waals surface area contributed by atoms with E-state index in [1.54, 1.807) is 12.3 Å². The minimum absolute atomic E-state index is 0.246. The lowest BCUT2D eigenvalue weighted by Gasteiger charge is -2.36. The van der Waals surface area contributed by atoms with Crippen LogP contribution in [0.4, 0.5) is 5.82 Å². The largest absolute Gasteiger partial charge is 0.481 e. The van der Waals surface area contributed by atoms with Crippen LogP contribution in [0.5, 0.6) is 11.6 Å². The predicted molar refractivity (Wildman–Crippen MR) is 169 cm³/mol. The number of likely N-dealkylation sites (tertiary alicyclic amines) is 1. The van der Waals surface area contributed by atoms with E-state index < -0.39 is 5.97 Å². The van der Waals surface area contributed by atoms with Crippen LogP contribution in [0.3, 0.4) is 0 Å². The van der Waals surface area contributed by atoms with Gasteiger partial charge in [-0.3, -0.25) is 14.6 Å². The number of carboxylic acids is 1. The number of aliphatic hydroxyl groups is 1. The Morgan fingerprint density at radius 2 is 1.72 bits per heavy atom. The Bertz CT molecular complexity index is 1360. The van der Waals surface area contributed by atoms with Crippen LogP contribution in [0.25, 0.3) is 11.3 Å². The molecule has 0 bridgehead atoms. The Morgan fingerprint density at radius 1 is 1.00 bits per heavy atom. The van der Waals surface area contributed by atoms with E-state index in [4.69, 9.17) is 32.9 Å². The Hall–Kier alpha value is -2.95. The van der Waals surface area contributed by atoms with Gasteiger partial charge in [-0.05, 0) is 80.2 Å². The third-order valence-corrected chi connectivity index (χ3v) is 8.79. The number of hydrogen-bond donors (Lipinski definition) is 2. The number of pyridine rings is 2. The number of ether oxygens (including phenoxy) is 1. The van der Waals surface area contributed by atoms with E-state index in [0.717, 1.165) is 81.3 Å². The number of hydrogen-bond acceptors (Lipinski definition) is 8. The standard InChI is InChI=1S/C32H39Cl2N5O4/c1-2-24(32(41)42)20-38-9-11-39(12-10-38)30-4-3-28(18-35-30)43-31-14-23(19-37-7-5-22(21-40)6-8-37)13-29(36-31)25-15-26(33)17-27(34)16-25/h3-4,13-18,22,24,40H,2,5-12,19-21H2,1H3,(H,41,42). The van der Waals surface area contributed by atoms with E-state index in [2.05, 4.69) is 19.7 Å². The van der Waals surface area contributed by atoms with Crippen LogP contribution in [-0.4, -0.2) is 88.4 Å². The second kappa shape index (κ2) is 14.7. The van der Waals surface area contributed by atoms with Gasteiger partial charge in [-0.1, -0.05) is 30.1 Å². The van der Waals surface area contributed by atoms with Crippen LogP contribution in [-0.2, 0) is 11.3 Å². The zero-order valence-electron chi connectivity index (χ0n) is 24.5. The third kappa shape index (κ3) is 8.58. The van der Waals surface area contributed by atoms with Gasteiger partial charge in [0.2, 0.25) is 5.88 Å². The Balaban J connectivity index is 1.28. The van der Waals surface area contributed by atoms with Gasteiger partial charge in [-0.15, -0.1) is 0 Å². The van der Waals surface area contributed by atoms with Crippen molar-refractivity contribution in [2.45, 2.75) is 32.7 Å². The maximum absolute atomic E-state index is 11.4. The van der Waals surface area contributed by atoms with E-state index in [0.29, 0.717) is 40.6 Å². The molecule has 43 heavy (non-hydrogen) atoms. The van der Waals surface area contributed by atoms with Gasteiger partial charge in [0, 0.05) is 67.6 Å². The Kier molecular flexibility index (Phi) is 10.7. The molecule has 2 aliphatic heterocycles. The monoisotopic (exact) mass is 627 g/mol. The fourth-order valence-electron chi connectivity index (χ4n) is 5.73. The molecule has 2 saturated heterocycles. The van der Waals surface area contributed by atoms with Crippen molar-refractivity contribution in [2.75, 3.05) is 57.3 Å². The second-order valence-corrected chi connectivity index (χ2v) is 12.3. The molecule has 1 unspecified atom stereocenters. The van der Waals surface area contributed by atoms with Crippen LogP contribution in [0.2, 0.25) is 10.0 Å². The first kappa shape index (κ1) is 31.5. The van der Waals surface area contributed by atoms with E-state index in [9.17, 15) is 15.0 Å². The van der Waals surface area contributed by atoms with Crippen LogP contribution in [0.1, 0.15) is 31.7 Å². The number of halogens is 2. The molecular weight excluding hydrogens is 589 g/mol. The number of rotatable bonds is 11. The number of aliphatic hydroxyl groups excluding tert-OH is 1. The lowest BCUT2D eigenvalue weighted by atomic mass is 9.97. The van der Waals surface area contributed by atoms with Gasteiger partial charge >= 0.3 is 5.97 Å². The van der Waals surface area contributed by atoms with E-state index in [-0.39, 0.29) is 12.5 Å². The maximum atomic E-state index is 11.4. The summed E-state index contributed by atoms with van der Waals surface area (Å²) in [5.41, 5.74) is 2.59. The van der Waals surface area contributed by atoms with Crippen molar-refractivity contribution in [1.82, 2.24) is 19.8 Å². The van der Waals surface area contributed by atoms with Crippen molar-refractivity contribution in [3.8, 4) is 22.9 Å². The molecule has 11 heteroatoms. The van der Waals surface area contributed by atoms with Gasteiger partial charge in [0.25, 0.3) is 0 Å². The normalized spacial score (nSPS) is 17.6. The summed E-state index contributed by atoms with van der Waals surface area (Å²) in [6.07, 6.45) is 4.31. The molecule has 0 aliphatic carbocycles. The van der Waals surface area contributed by atoms with Gasteiger partial charge in [0.15, 0.2) is 0 Å². The molecule has 2 fully saturated rings. The molecule has 230 valence electrons. The molecule has 2 aliphatic rings. The Morgan fingerprint density at radius 3 is 2.33 bits per heavy atom. The molecule has 3 aromatic rings. The summed E-state index contributed by atoms with van der Waals surface area (Å²) in [5.74, 6) is 1.22. The molecule has 0 radical (unpaired) electrons. The van der Waals surface area contributed by atoms with E-state index in [1.165, 1.54) is 0 Å². The number of aliphatic carboxylic acids is 1. The fourth-order valence-corrected chi connectivity index (χ4v) is 6.26. The smallest absolute Gasteiger partial charge is 0.307 e. The van der Waals surface area contributed by atoms with Crippen LogP contribution in [0.15, 0.2) is 48.7 Å². The van der Waals surface area contributed by atoms with Crippen molar-refractivity contribution >= 4 is 35.0 Å². The molecule has 5 rings (SSSR count). The van der Waals surface area contributed by atoms with Crippen molar-refractivity contribution in [3.63, 3.8) is 0 Å². The summed E-state index contributed by atoms with van der Waals surface area (Å²) >= 11 is 12.6. The molecule has 2 aromatic heterocycles. The topological polar surface area (TPSA) is 102 Å². The number of benzene rings is 1. The van der Waals surface area contributed by atoms with E-state index >= 15 is 0 Å². The molecule has 1 aromatic carbocycles. The van der Waals surface area contributed by atoms with Gasteiger partial charge in [0.1, 0.15) is 11.6 Å². The summed E-state index contributed by atoms with van der Waals surface area (Å²) in [7, 11) is 0. The fraction of sp³-hybridized carbons (Fsp3) is 0.469. The molecule has 0 amide bonds. The van der Waals surface area contributed by atoms with Crippen LogP contribution >= 0.6 is 23.2 Å². The minimum Gasteiger partial charge on any atom is -0.481 e. The Labute approximate surface area is 263 Å². The second-order valence-electron chi connectivity index (χ2n) is 11.4. The molecule has 2 N–H and O–H groups in total. The van der Waals surface area contributed by atoms with Crippen LogP contribution in [0, 0.1) is 11.8 Å². The minimum atomic E-state index is -0.728. The summed E-state index contributed by atoms with van der Waals surface area (Å²) < 4.78 is 6.23. The number of piperidine rings is 1. The molecule has 9 nitrogen and oxygen atoms in total. The van der Waals surface area contributed by atoms with Crippen LogP contribution < -0.4 is 9.64 Å².